The van der Waals surface area contributed by atoms with Crippen molar-refractivity contribution in [3.8, 4) is 11.8 Å². The minimum absolute atomic E-state index is 0.107. The van der Waals surface area contributed by atoms with E-state index in [-0.39, 0.29) is 11.4 Å². The highest BCUT2D eigenvalue weighted by Gasteiger charge is 2.13. The fourth-order valence-corrected chi connectivity index (χ4v) is 4.72. The van der Waals surface area contributed by atoms with Gasteiger partial charge in [0.1, 0.15) is 24.0 Å². The average molecular weight is 591 g/mol. The fraction of sp³-hybridized carbons (Fsp3) is 0.0435. The molecule has 0 fully saturated rings. The third-order valence-corrected chi connectivity index (χ3v) is 5.56. The van der Waals surface area contributed by atoms with Crippen molar-refractivity contribution >= 4 is 57.0 Å². The van der Waals surface area contributed by atoms with Crippen LogP contribution >= 0.6 is 45.2 Å². The van der Waals surface area contributed by atoms with Gasteiger partial charge in [-0.25, -0.2) is 0 Å². The summed E-state index contributed by atoms with van der Waals surface area (Å²) in [5.74, 6) is 0.521. The molecule has 0 saturated carbocycles. The molecule has 3 aromatic carbocycles. The van der Waals surface area contributed by atoms with E-state index in [2.05, 4.69) is 45.2 Å². The van der Waals surface area contributed by atoms with Crippen LogP contribution in [0.25, 0.3) is 6.08 Å². The van der Waals surface area contributed by atoms with Crippen LogP contribution in [-0.2, 0) is 6.61 Å². The van der Waals surface area contributed by atoms with Gasteiger partial charge in [0, 0.05) is 5.56 Å². The first-order valence-corrected chi connectivity index (χ1v) is 10.6. The molecule has 0 radical (unpaired) electrons. The summed E-state index contributed by atoms with van der Waals surface area (Å²) in [6.07, 6.45) is 1.63. The van der Waals surface area contributed by atoms with E-state index >= 15 is 0 Å². The largest absolute Gasteiger partial charge is 0.487 e. The van der Waals surface area contributed by atoms with Crippen molar-refractivity contribution in [3.05, 3.63) is 102 Å². The molecule has 0 N–H and O–H groups in total. The quantitative estimate of drug-likeness (QED) is 0.147. The van der Waals surface area contributed by atoms with Gasteiger partial charge in [-0.3, -0.25) is 4.79 Å². The second-order valence-corrected chi connectivity index (χ2v) is 8.28. The zero-order chi connectivity index (χ0) is 19.9. The molecule has 0 amide bonds. The molecule has 138 valence electrons. The molecule has 5 heteroatoms. The van der Waals surface area contributed by atoms with Crippen molar-refractivity contribution in [1.29, 1.82) is 5.26 Å². The van der Waals surface area contributed by atoms with Crippen molar-refractivity contribution < 1.29 is 9.53 Å². The molecule has 0 unspecified atom stereocenters. The van der Waals surface area contributed by atoms with E-state index in [1.54, 1.807) is 30.3 Å². The molecule has 0 spiro atoms. The Hall–Kier alpha value is -2.18. The number of allylic oxidation sites excluding steroid dienone is 1. The van der Waals surface area contributed by atoms with Crippen molar-refractivity contribution in [2.45, 2.75) is 6.61 Å². The predicted molar refractivity (Wildman–Crippen MR) is 127 cm³/mol. The molecule has 3 aromatic rings. The van der Waals surface area contributed by atoms with E-state index in [1.165, 1.54) is 0 Å². The molecule has 0 aliphatic carbocycles. The molecule has 3 nitrogen and oxygen atoms in total. The summed E-state index contributed by atoms with van der Waals surface area (Å²) in [5.41, 5.74) is 2.50. The number of ether oxygens (including phenoxy) is 1. The zero-order valence-electron chi connectivity index (χ0n) is 14.7. The van der Waals surface area contributed by atoms with Crippen LogP contribution in [0, 0.1) is 18.5 Å². The van der Waals surface area contributed by atoms with Crippen molar-refractivity contribution in [2.24, 2.45) is 0 Å². The molecular formula is C23H15I2NO2. The maximum atomic E-state index is 12.6. The highest BCUT2D eigenvalue weighted by Crippen LogP contribution is 2.30. The summed E-state index contributed by atoms with van der Waals surface area (Å²) >= 11 is 4.43. The van der Waals surface area contributed by atoms with Gasteiger partial charge in [-0.05, 0) is 74.5 Å². The molecule has 0 bridgehead atoms. The summed E-state index contributed by atoms with van der Waals surface area (Å²) in [7, 11) is 0. The normalized spacial score (nSPS) is 11.0. The highest BCUT2D eigenvalue weighted by molar-refractivity contribution is 14.1. The van der Waals surface area contributed by atoms with Gasteiger partial charge in [0.25, 0.3) is 0 Å². The summed E-state index contributed by atoms with van der Waals surface area (Å²) in [5, 5.41) is 9.45. The number of Topliss-reactive ketones (excluding diaryl/α,β-unsaturated/α-hetero) is 1. The first-order chi connectivity index (χ1) is 13.6. The minimum atomic E-state index is -0.280. The molecule has 0 atom stereocenters. The Labute approximate surface area is 191 Å². The first-order valence-electron chi connectivity index (χ1n) is 8.46. The summed E-state index contributed by atoms with van der Waals surface area (Å²) < 4.78 is 7.84. The Bertz CT molecular complexity index is 1030. The number of rotatable bonds is 6. The third-order valence-electron chi connectivity index (χ3n) is 3.96. The van der Waals surface area contributed by atoms with E-state index in [0.29, 0.717) is 12.2 Å². The number of carbonyl (C=O) groups excluding carboxylic acids is 1. The standard InChI is InChI=1S/C23H15I2NO2/c24-20-12-17(11-19(14-26)22(27)18-9-5-2-6-10-18)13-21(25)23(20)28-15-16-7-3-1-4-8-16/h1-13H,15H2/b19-11+. The number of hydrogen-bond acceptors (Lipinski definition) is 3. The lowest BCUT2D eigenvalue weighted by Gasteiger charge is -2.12. The van der Waals surface area contributed by atoms with Gasteiger partial charge in [0.05, 0.1) is 7.14 Å². The van der Waals surface area contributed by atoms with Crippen LogP contribution in [0.4, 0.5) is 0 Å². The van der Waals surface area contributed by atoms with Gasteiger partial charge in [0.15, 0.2) is 0 Å². The predicted octanol–water partition coefficient (Wildman–Crippen LogP) is 6.26. The first kappa shape index (κ1) is 20.6. The van der Waals surface area contributed by atoms with Crippen LogP contribution in [0.1, 0.15) is 21.5 Å². The van der Waals surface area contributed by atoms with Gasteiger partial charge >= 0.3 is 0 Å². The number of hydrogen-bond donors (Lipinski definition) is 0. The van der Waals surface area contributed by atoms with Crippen LogP contribution in [0.15, 0.2) is 78.4 Å². The molecule has 0 aliphatic rings. The third kappa shape index (κ3) is 5.20. The fourth-order valence-electron chi connectivity index (χ4n) is 2.59. The highest BCUT2D eigenvalue weighted by atomic mass is 127. The van der Waals surface area contributed by atoms with Crippen LogP contribution in [0.3, 0.4) is 0 Å². The number of halogens is 2. The second kappa shape index (κ2) is 9.85. The maximum absolute atomic E-state index is 12.6. The van der Waals surface area contributed by atoms with Crippen LogP contribution in [-0.4, -0.2) is 5.78 Å². The summed E-state index contributed by atoms with van der Waals surface area (Å²) in [6.45, 7) is 0.484. The van der Waals surface area contributed by atoms with Crippen molar-refractivity contribution in [2.75, 3.05) is 0 Å². The Morgan fingerprint density at radius 2 is 1.54 bits per heavy atom. The lowest BCUT2D eigenvalue weighted by molar-refractivity contribution is 0.104. The summed E-state index contributed by atoms with van der Waals surface area (Å²) in [4.78, 5) is 12.6. The molecule has 0 heterocycles. The number of nitrogens with zero attached hydrogens (tertiary/aromatic N) is 1. The van der Waals surface area contributed by atoms with E-state index in [0.717, 1.165) is 24.0 Å². The van der Waals surface area contributed by atoms with Gasteiger partial charge in [-0.15, -0.1) is 0 Å². The molecule has 0 aliphatic heterocycles. The van der Waals surface area contributed by atoms with Gasteiger partial charge in [-0.1, -0.05) is 60.7 Å². The number of nitriles is 1. The molecule has 28 heavy (non-hydrogen) atoms. The second-order valence-electron chi connectivity index (χ2n) is 5.95. The Balaban J connectivity index is 1.84. The van der Waals surface area contributed by atoms with Gasteiger partial charge < -0.3 is 4.74 Å². The number of carbonyl (C=O) groups is 1. The smallest absolute Gasteiger partial charge is 0.203 e. The SMILES string of the molecule is N#C/C(=C\c1cc(I)c(OCc2ccccc2)c(I)c1)C(=O)c1ccccc1. The molecule has 0 aromatic heterocycles. The van der Waals surface area contributed by atoms with Crippen LogP contribution in [0.2, 0.25) is 0 Å². The van der Waals surface area contributed by atoms with Gasteiger partial charge in [0.2, 0.25) is 5.78 Å². The molecule has 3 rings (SSSR count). The van der Waals surface area contributed by atoms with E-state index in [9.17, 15) is 10.1 Å². The lowest BCUT2D eigenvalue weighted by Crippen LogP contribution is -2.02. The number of ketones is 1. The van der Waals surface area contributed by atoms with Crippen LogP contribution in [0.5, 0.6) is 5.75 Å². The van der Waals surface area contributed by atoms with Crippen LogP contribution < -0.4 is 4.74 Å². The Morgan fingerprint density at radius 1 is 0.964 bits per heavy atom. The Kier molecular flexibility index (Phi) is 7.23. The topological polar surface area (TPSA) is 50.1 Å². The van der Waals surface area contributed by atoms with E-state index < -0.39 is 0 Å². The zero-order valence-corrected chi connectivity index (χ0v) is 19.0. The molecular weight excluding hydrogens is 576 g/mol. The average Bonchev–Trinajstić information content (AvgIpc) is 2.72. The van der Waals surface area contributed by atoms with E-state index in [1.807, 2.05) is 54.6 Å². The minimum Gasteiger partial charge on any atom is -0.487 e. The van der Waals surface area contributed by atoms with Gasteiger partial charge in [-0.2, -0.15) is 5.26 Å². The van der Waals surface area contributed by atoms with E-state index in [4.69, 9.17) is 4.74 Å². The van der Waals surface area contributed by atoms with Crippen molar-refractivity contribution in [3.63, 3.8) is 0 Å². The summed E-state index contributed by atoms with van der Waals surface area (Å²) in [6, 6.07) is 24.7. The lowest BCUT2D eigenvalue weighted by atomic mass is 10.0. The molecule has 0 saturated heterocycles. The maximum Gasteiger partial charge on any atom is 0.203 e. The Morgan fingerprint density at radius 3 is 2.11 bits per heavy atom. The van der Waals surface area contributed by atoms with Crippen molar-refractivity contribution in [1.82, 2.24) is 0 Å². The number of benzene rings is 3. The monoisotopic (exact) mass is 591 g/mol.